The minimum absolute atomic E-state index is 0.0628. The summed E-state index contributed by atoms with van der Waals surface area (Å²) >= 11 is 0. The largest absolute Gasteiger partial charge is 0.481 e. The van der Waals surface area contributed by atoms with Crippen LogP contribution in [0.15, 0.2) is 36.5 Å². The number of primary amides is 1. The van der Waals surface area contributed by atoms with E-state index < -0.39 is 17.8 Å². The molecule has 1 saturated heterocycles. The Balaban J connectivity index is 0.000000365. The number of carbonyl (C=O) groups is 3. The number of unbranched alkanes of at least 4 members (excludes halogenated alkanes) is 1. The molecule has 232 valence electrons. The van der Waals surface area contributed by atoms with Crippen LogP contribution >= 0.6 is 0 Å². The van der Waals surface area contributed by atoms with E-state index in [-0.39, 0.29) is 48.4 Å². The van der Waals surface area contributed by atoms with Crippen molar-refractivity contribution in [2.75, 3.05) is 48.8 Å². The van der Waals surface area contributed by atoms with E-state index in [0.717, 1.165) is 50.0 Å². The number of hydrogen-bond acceptors (Lipinski definition) is 9. The molecule has 2 heterocycles. The SMILES string of the molecule is Cc1cc(Nc2ncc(F)c(N[C@H]3[C@@H](C(N)=O)[C@@H]4C=C[C@H]3C4)n2)ccc1N1CCN(C)CC1.O=C(O)CCCCC(=O)O. The number of amides is 1. The second-order valence-corrected chi connectivity index (χ2v) is 11.3. The molecule has 2 fully saturated rings. The van der Waals surface area contributed by atoms with Crippen LogP contribution in [0.5, 0.6) is 0 Å². The number of piperazine rings is 1. The predicted molar refractivity (Wildman–Crippen MR) is 161 cm³/mol. The van der Waals surface area contributed by atoms with Crippen molar-refractivity contribution in [2.45, 2.75) is 45.1 Å². The molecule has 1 amide bonds. The van der Waals surface area contributed by atoms with Gasteiger partial charge in [0.2, 0.25) is 11.9 Å². The van der Waals surface area contributed by atoms with E-state index in [9.17, 15) is 18.8 Å². The van der Waals surface area contributed by atoms with Crippen LogP contribution < -0.4 is 21.3 Å². The molecular weight excluding hydrogens is 557 g/mol. The Morgan fingerprint density at radius 2 is 1.70 bits per heavy atom. The van der Waals surface area contributed by atoms with Crippen molar-refractivity contribution in [2.24, 2.45) is 23.5 Å². The Labute approximate surface area is 250 Å². The summed E-state index contributed by atoms with van der Waals surface area (Å²) in [5.74, 6) is -2.41. The summed E-state index contributed by atoms with van der Waals surface area (Å²) in [5, 5.41) is 22.6. The molecule has 13 heteroatoms. The normalized spacial score (nSPS) is 22.5. The summed E-state index contributed by atoms with van der Waals surface area (Å²) in [5.41, 5.74) is 8.84. The van der Waals surface area contributed by atoms with E-state index in [4.69, 9.17) is 15.9 Å². The van der Waals surface area contributed by atoms with Crippen molar-refractivity contribution in [3.63, 3.8) is 0 Å². The number of nitrogens with two attached hydrogens (primary N) is 1. The molecule has 1 aromatic heterocycles. The number of benzene rings is 1. The molecule has 43 heavy (non-hydrogen) atoms. The zero-order valence-corrected chi connectivity index (χ0v) is 24.5. The van der Waals surface area contributed by atoms with Gasteiger partial charge in [0, 0.05) is 56.4 Å². The number of aliphatic carboxylic acids is 2. The standard InChI is InChI=1S/C24H30FN7O.C6H10O4/c1-14-11-17(5-6-19(14)32-9-7-31(2)8-10-32)28-24-27-13-18(25)23(30-24)29-21-16-4-3-15(12-16)20(21)22(26)33;7-5(8)3-1-2-4-6(9)10/h3-6,11,13,15-16,20-21H,7-10,12H2,1-2H3,(H2,26,33)(H2,27,28,29,30);1-4H2,(H,7,8)(H,9,10)/t15-,16+,20+,21-;/m1./s1. The predicted octanol–water partition coefficient (Wildman–Crippen LogP) is 3.22. The molecule has 4 atom stereocenters. The average molecular weight is 598 g/mol. The summed E-state index contributed by atoms with van der Waals surface area (Å²) in [6.07, 6.45) is 7.12. The van der Waals surface area contributed by atoms with Gasteiger partial charge in [-0.2, -0.15) is 4.98 Å². The van der Waals surface area contributed by atoms with E-state index >= 15 is 0 Å². The Kier molecular flexibility index (Phi) is 10.5. The molecule has 2 aliphatic carbocycles. The summed E-state index contributed by atoms with van der Waals surface area (Å²) in [6.45, 7) is 6.20. The molecular formula is C30H40FN7O5. The quantitative estimate of drug-likeness (QED) is 0.190. The van der Waals surface area contributed by atoms with Gasteiger partial charge in [0.05, 0.1) is 12.1 Å². The number of aromatic nitrogens is 2. The highest BCUT2D eigenvalue weighted by atomic mass is 19.1. The van der Waals surface area contributed by atoms with Crippen molar-refractivity contribution in [1.82, 2.24) is 14.9 Å². The Bertz CT molecular complexity index is 1330. The molecule has 2 aromatic rings. The van der Waals surface area contributed by atoms with Crippen molar-refractivity contribution in [3.8, 4) is 0 Å². The second-order valence-electron chi connectivity index (χ2n) is 11.3. The molecule has 12 nitrogen and oxygen atoms in total. The van der Waals surface area contributed by atoms with Gasteiger partial charge < -0.3 is 36.4 Å². The molecule has 0 spiro atoms. The lowest BCUT2D eigenvalue weighted by atomic mass is 9.88. The van der Waals surface area contributed by atoms with Crippen LogP contribution in [0.3, 0.4) is 0 Å². The van der Waals surface area contributed by atoms with Gasteiger partial charge in [0.1, 0.15) is 0 Å². The van der Waals surface area contributed by atoms with Crippen LogP contribution in [0, 0.1) is 30.5 Å². The van der Waals surface area contributed by atoms with Crippen molar-refractivity contribution < 1.29 is 29.0 Å². The summed E-state index contributed by atoms with van der Waals surface area (Å²) in [6, 6.07) is 5.88. The zero-order valence-electron chi connectivity index (χ0n) is 24.5. The van der Waals surface area contributed by atoms with E-state index in [0.29, 0.717) is 18.8 Å². The molecule has 1 saturated carbocycles. The number of anilines is 4. The van der Waals surface area contributed by atoms with Crippen molar-refractivity contribution in [3.05, 3.63) is 47.9 Å². The number of halogens is 1. The highest BCUT2D eigenvalue weighted by molar-refractivity contribution is 5.80. The first-order chi connectivity index (χ1) is 20.5. The lowest BCUT2D eigenvalue weighted by Gasteiger charge is -2.35. The zero-order chi connectivity index (χ0) is 31.1. The van der Waals surface area contributed by atoms with Crippen LogP contribution in [0.25, 0.3) is 0 Å². The number of carboxylic acid groups (broad SMARTS) is 2. The van der Waals surface area contributed by atoms with Gasteiger partial charge in [-0.05, 0) is 68.8 Å². The first-order valence-corrected chi connectivity index (χ1v) is 14.5. The minimum atomic E-state index is -0.870. The lowest BCUT2D eigenvalue weighted by Crippen LogP contribution is -2.44. The molecule has 6 N–H and O–H groups in total. The average Bonchev–Trinajstić information content (AvgIpc) is 3.56. The van der Waals surface area contributed by atoms with Gasteiger partial charge >= 0.3 is 11.9 Å². The summed E-state index contributed by atoms with van der Waals surface area (Å²) in [4.78, 5) is 45.0. The van der Waals surface area contributed by atoms with Crippen LogP contribution in [0.1, 0.15) is 37.7 Å². The number of rotatable bonds is 11. The number of likely N-dealkylation sites (N-methyl/N-ethyl adjacent to an activating group) is 1. The van der Waals surface area contributed by atoms with Gasteiger partial charge in [-0.15, -0.1) is 0 Å². The third kappa shape index (κ3) is 8.40. The minimum Gasteiger partial charge on any atom is -0.481 e. The highest BCUT2D eigenvalue weighted by Gasteiger charge is 2.47. The van der Waals surface area contributed by atoms with Gasteiger partial charge in [0.15, 0.2) is 11.6 Å². The molecule has 0 unspecified atom stereocenters. The molecule has 1 aromatic carbocycles. The number of nitrogens with one attached hydrogen (secondary N) is 2. The maximum absolute atomic E-state index is 14.5. The molecule has 3 aliphatic rings. The number of carboxylic acids is 2. The number of allylic oxidation sites excluding steroid dienone is 1. The fourth-order valence-electron chi connectivity index (χ4n) is 5.91. The summed E-state index contributed by atoms with van der Waals surface area (Å²) < 4.78 is 14.5. The first-order valence-electron chi connectivity index (χ1n) is 14.5. The third-order valence-corrected chi connectivity index (χ3v) is 8.16. The van der Waals surface area contributed by atoms with Gasteiger partial charge in [-0.3, -0.25) is 14.4 Å². The first kappa shape index (κ1) is 31.7. The van der Waals surface area contributed by atoms with Crippen LogP contribution in [-0.2, 0) is 14.4 Å². The van der Waals surface area contributed by atoms with Gasteiger partial charge in [-0.1, -0.05) is 12.2 Å². The topological polar surface area (TPSA) is 174 Å². The van der Waals surface area contributed by atoms with Crippen molar-refractivity contribution in [1.29, 1.82) is 0 Å². The monoisotopic (exact) mass is 597 g/mol. The van der Waals surface area contributed by atoms with Crippen LogP contribution in [0.2, 0.25) is 0 Å². The molecule has 2 bridgehead atoms. The lowest BCUT2D eigenvalue weighted by molar-refractivity contribution is -0.139. The number of aryl methyl sites for hydroxylation is 1. The summed E-state index contributed by atoms with van der Waals surface area (Å²) in [7, 11) is 2.14. The van der Waals surface area contributed by atoms with E-state index in [2.05, 4.69) is 62.6 Å². The van der Waals surface area contributed by atoms with E-state index in [1.165, 1.54) is 5.69 Å². The maximum atomic E-state index is 14.5. The Hall–Kier alpha value is -4.26. The van der Waals surface area contributed by atoms with Crippen LogP contribution in [0.4, 0.5) is 27.5 Å². The number of fused-ring (bicyclic) bond motifs is 2. The highest BCUT2D eigenvalue weighted by Crippen LogP contribution is 2.45. The fraction of sp³-hybridized carbons (Fsp3) is 0.500. The van der Waals surface area contributed by atoms with E-state index in [1.807, 2.05) is 12.1 Å². The second kappa shape index (κ2) is 14.3. The number of nitrogens with zero attached hydrogens (tertiary/aromatic N) is 4. The number of carbonyl (C=O) groups excluding carboxylic acids is 1. The maximum Gasteiger partial charge on any atom is 0.303 e. The Morgan fingerprint density at radius 3 is 2.30 bits per heavy atom. The fourth-order valence-corrected chi connectivity index (χ4v) is 5.91. The van der Waals surface area contributed by atoms with Crippen LogP contribution in [-0.4, -0.2) is 82.2 Å². The van der Waals surface area contributed by atoms with Gasteiger partial charge in [-0.25, -0.2) is 9.37 Å². The van der Waals surface area contributed by atoms with Crippen molar-refractivity contribution >= 4 is 41.0 Å². The van der Waals surface area contributed by atoms with Gasteiger partial charge in [0.25, 0.3) is 0 Å². The third-order valence-electron chi connectivity index (χ3n) is 8.16. The van der Waals surface area contributed by atoms with E-state index in [1.54, 1.807) is 0 Å². The smallest absolute Gasteiger partial charge is 0.303 e. The number of hydrogen-bond donors (Lipinski definition) is 5. The molecule has 0 radical (unpaired) electrons. The molecule has 1 aliphatic heterocycles. The Morgan fingerprint density at radius 1 is 1.05 bits per heavy atom. The molecule has 5 rings (SSSR count).